The molecule has 1 aromatic heterocycles. The van der Waals surface area contributed by atoms with E-state index in [1.165, 1.54) is 0 Å². The van der Waals surface area contributed by atoms with E-state index in [0.29, 0.717) is 51.4 Å². The summed E-state index contributed by atoms with van der Waals surface area (Å²) < 4.78 is 13.1. The number of para-hydroxylation sites is 1. The molecule has 0 bridgehead atoms. The molecule has 0 spiro atoms. The van der Waals surface area contributed by atoms with Gasteiger partial charge >= 0.3 is 0 Å². The normalized spacial score (nSPS) is 11.9. The van der Waals surface area contributed by atoms with Gasteiger partial charge in [-0.1, -0.05) is 31.9 Å². The molecule has 0 aliphatic rings. The molecule has 1 amide bonds. The minimum absolute atomic E-state index is 0.0553. The second-order valence-electron chi connectivity index (χ2n) is 8.10. The van der Waals surface area contributed by atoms with Gasteiger partial charge < -0.3 is 14.4 Å². The van der Waals surface area contributed by atoms with Crippen LogP contribution in [0.5, 0.6) is 11.5 Å². The first kappa shape index (κ1) is 25.7. The Labute approximate surface area is 208 Å². The van der Waals surface area contributed by atoms with E-state index in [0.717, 1.165) is 19.3 Å². The van der Waals surface area contributed by atoms with Crippen LogP contribution in [0.4, 0.5) is 0 Å². The lowest BCUT2D eigenvalue weighted by Crippen LogP contribution is -2.37. The predicted octanol–water partition coefficient (Wildman–Crippen LogP) is 5.66. The van der Waals surface area contributed by atoms with Crippen LogP contribution in [0.3, 0.4) is 0 Å². The van der Waals surface area contributed by atoms with Crippen LogP contribution < -0.4 is 15.0 Å². The number of hydrogen-bond acceptors (Lipinski definition) is 5. The largest absolute Gasteiger partial charge is 0.497 e. The molecule has 0 saturated heterocycles. The molecular formula is C26H32BrN3O4. The van der Waals surface area contributed by atoms with Crippen LogP contribution >= 0.6 is 15.9 Å². The zero-order valence-corrected chi connectivity index (χ0v) is 22.0. The van der Waals surface area contributed by atoms with Crippen molar-refractivity contribution in [1.29, 1.82) is 0 Å². The summed E-state index contributed by atoms with van der Waals surface area (Å²) in [5, 5.41) is 0.490. The first-order valence-corrected chi connectivity index (χ1v) is 12.4. The third-order valence-corrected chi connectivity index (χ3v) is 6.79. The molecule has 7 nitrogen and oxygen atoms in total. The van der Waals surface area contributed by atoms with Gasteiger partial charge in [0.15, 0.2) is 0 Å². The number of halogens is 1. The van der Waals surface area contributed by atoms with Gasteiger partial charge in [-0.3, -0.25) is 14.2 Å². The molecule has 182 valence electrons. The molecule has 8 heteroatoms. The molecule has 1 heterocycles. The Hall–Kier alpha value is -2.87. The SMILES string of the molecule is CCCCCC(=O)N(CC)C(C)c1nc2ccccc2c(=O)n1-c1cc(OC)cc(OC)c1Br. The molecule has 3 rings (SSSR count). The first-order chi connectivity index (χ1) is 16.4. The fraction of sp³-hybridized carbons (Fsp3) is 0.423. The van der Waals surface area contributed by atoms with Crippen LogP contribution in [-0.4, -0.2) is 41.1 Å². The van der Waals surface area contributed by atoms with Crippen LogP contribution in [0.1, 0.15) is 58.3 Å². The van der Waals surface area contributed by atoms with Gasteiger partial charge in [0, 0.05) is 25.1 Å². The average molecular weight is 530 g/mol. The number of methoxy groups -OCH3 is 2. The van der Waals surface area contributed by atoms with Gasteiger partial charge in [-0.25, -0.2) is 4.98 Å². The molecule has 2 aromatic carbocycles. The van der Waals surface area contributed by atoms with Gasteiger partial charge in [-0.15, -0.1) is 0 Å². The number of hydrogen-bond donors (Lipinski definition) is 0. The number of fused-ring (bicyclic) bond motifs is 1. The summed E-state index contributed by atoms with van der Waals surface area (Å²) >= 11 is 3.60. The zero-order valence-electron chi connectivity index (χ0n) is 20.4. The number of amides is 1. The third kappa shape index (κ3) is 5.12. The van der Waals surface area contributed by atoms with Crippen molar-refractivity contribution >= 4 is 32.7 Å². The Kier molecular flexibility index (Phi) is 8.72. The first-order valence-electron chi connectivity index (χ1n) is 11.6. The van der Waals surface area contributed by atoms with Crippen LogP contribution in [0.2, 0.25) is 0 Å². The van der Waals surface area contributed by atoms with Crippen molar-refractivity contribution in [2.75, 3.05) is 20.8 Å². The van der Waals surface area contributed by atoms with Gasteiger partial charge in [0.2, 0.25) is 5.91 Å². The topological polar surface area (TPSA) is 73.7 Å². The van der Waals surface area contributed by atoms with Crippen LogP contribution in [0.25, 0.3) is 16.6 Å². The quantitative estimate of drug-likeness (QED) is 0.317. The molecule has 1 atom stereocenters. The monoisotopic (exact) mass is 529 g/mol. The lowest BCUT2D eigenvalue weighted by atomic mass is 10.1. The molecule has 0 radical (unpaired) electrons. The summed E-state index contributed by atoms with van der Waals surface area (Å²) in [5.74, 6) is 1.60. The maximum atomic E-state index is 13.8. The lowest BCUT2D eigenvalue weighted by molar-refractivity contribution is -0.133. The van der Waals surface area contributed by atoms with Gasteiger partial charge in [-0.2, -0.15) is 0 Å². The number of rotatable bonds is 10. The van der Waals surface area contributed by atoms with E-state index < -0.39 is 6.04 Å². The zero-order chi connectivity index (χ0) is 24.8. The second kappa shape index (κ2) is 11.5. The highest BCUT2D eigenvalue weighted by molar-refractivity contribution is 9.10. The van der Waals surface area contributed by atoms with E-state index in [9.17, 15) is 9.59 Å². The van der Waals surface area contributed by atoms with E-state index in [-0.39, 0.29) is 11.5 Å². The van der Waals surface area contributed by atoms with E-state index in [1.54, 1.807) is 41.9 Å². The number of ether oxygens (including phenoxy) is 2. The fourth-order valence-corrected chi connectivity index (χ4v) is 4.69. The number of nitrogens with zero attached hydrogens (tertiary/aromatic N) is 3. The average Bonchev–Trinajstić information content (AvgIpc) is 2.85. The maximum absolute atomic E-state index is 13.8. The summed E-state index contributed by atoms with van der Waals surface area (Å²) in [6.45, 7) is 6.49. The highest BCUT2D eigenvalue weighted by atomic mass is 79.9. The number of unbranched alkanes of at least 4 members (excludes halogenated alkanes) is 2. The Balaban J connectivity index is 2.26. The van der Waals surface area contributed by atoms with E-state index in [4.69, 9.17) is 14.5 Å². The maximum Gasteiger partial charge on any atom is 0.266 e. The van der Waals surface area contributed by atoms with E-state index in [2.05, 4.69) is 22.9 Å². The van der Waals surface area contributed by atoms with Gasteiger partial charge in [-0.05, 0) is 48.3 Å². The van der Waals surface area contributed by atoms with Crippen molar-refractivity contribution < 1.29 is 14.3 Å². The van der Waals surface area contributed by atoms with Crippen molar-refractivity contribution in [3.05, 3.63) is 57.0 Å². The van der Waals surface area contributed by atoms with Crippen LogP contribution in [-0.2, 0) is 4.79 Å². The van der Waals surface area contributed by atoms with Crippen molar-refractivity contribution in [1.82, 2.24) is 14.5 Å². The van der Waals surface area contributed by atoms with E-state index >= 15 is 0 Å². The highest BCUT2D eigenvalue weighted by Gasteiger charge is 2.27. The van der Waals surface area contributed by atoms with Crippen LogP contribution in [0, 0.1) is 0 Å². The molecule has 0 N–H and O–H groups in total. The van der Waals surface area contributed by atoms with Gasteiger partial charge in [0.1, 0.15) is 17.3 Å². The van der Waals surface area contributed by atoms with Crippen molar-refractivity contribution in [2.45, 2.75) is 52.5 Å². The van der Waals surface area contributed by atoms with Crippen molar-refractivity contribution in [2.24, 2.45) is 0 Å². The number of aromatic nitrogens is 2. The van der Waals surface area contributed by atoms with Crippen molar-refractivity contribution in [3.8, 4) is 17.2 Å². The Bertz CT molecular complexity index is 1220. The summed E-state index contributed by atoms with van der Waals surface area (Å²) in [7, 11) is 3.12. The molecule has 0 saturated carbocycles. The minimum Gasteiger partial charge on any atom is -0.497 e. The number of carbonyl (C=O) groups is 1. The van der Waals surface area contributed by atoms with Gasteiger partial charge in [0.05, 0.1) is 41.3 Å². The predicted molar refractivity (Wildman–Crippen MR) is 138 cm³/mol. The van der Waals surface area contributed by atoms with E-state index in [1.807, 2.05) is 32.0 Å². The summed E-state index contributed by atoms with van der Waals surface area (Å²) in [6.07, 6.45) is 3.37. The summed E-state index contributed by atoms with van der Waals surface area (Å²) in [5.41, 5.74) is 0.903. The molecule has 0 fully saturated rings. The number of carbonyl (C=O) groups excluding carboxylic acids is 1. The minimum atomic E-state index is -0.430. The second-order valence-corrected chi connectivity index (χ2v) is 8.90. The standard InChI is InChI=1S/C26H32BrN3O4/c1-6-8-9-14-23(31)29(7-2)17(3)25-28-20-13-11-10-12-19(20)26(32)30(25)21-15-18(33-4)16-22(34-5)24(21)27/h10-13,15-17H,6-9,14H2,1-5H3. The molecule has 34 heavy (non-hydrogen) atoms. The Morgan fingerprint density at radius 1 is 1.15 bits per heavy atom. The molecular weight excluding hydrogens is 498 g/mol. The molecule has 0 aliphatic carbocycles. The number of benzene rings is 2. The lowest BCUT2D eigenvalue weighted by Gasteiger charge is -2.30. The Morgan fingerprint density at radius 2 is 1.88 bits per heavy atom. The van der Waals surface area contributed by atoms with Gasteiger partial charge in [0.25, 0.3) is 5.56 Å². The van der Waals surface area contributed by atoms with Crippen molar-refractivity contribution in [3.63, 3.8) is 0 Å². The molecule has 3 aromatic rings. The molecule has 1 unspecified atom stereocenters. The molecule has 0 aliphatic heterocycles. The highest BCUT2D eigenvalue weighted by Crippen LogP contribution is 2.37. The van der Waals surface area contributed by atoms with Crippen LogP contribution in [0.15, 0.2) is 45.7 Å². The smallest absolute Gasteiger partial charge is 0.266 e. The summed E-state index contributed by atoms with van der Waals surface area (Å²) in [6, 6.07) is 10.3. The summed E-state index contributed by atoms with van der Waals surface area (Å²) in [4.78, 5) is 33.6. The Morgan fingerprint density at radius 3 is 2.53 bits per heavy atom. The third-order valence-electron chi connectivity index (χ3n) is 5.99. The fourth-order valence-electron chi connectivity index (χ4n) is 4.13.